The highest BCUT2D eigenvalue weighted by Gasteiger charge is 2.15. The second-order valence-corrected chi connectivity index (χ2v) is 8.40. The van der Waals surface area contributed by atoms with Gasteiger partial charge in [-0.15, -0.1) is 0 Å². The minimum absolute atomic E-state index is 0. The Morgan fingerprint density at radius 3 is 2.58 bits per heavy atom. The zero-order chi connectivity index (χ0) is 18.2. The summed E-state index contributed by atoms with van der Waals surface area (Å²) in [6, 6.07) is 8.91. The van der Waals surface area contributed by atoms with Crippen LogP contribution in [0, 0.1) is 5.92 Å². The van der Waals surface area contributed by atoms with Gasteiger partial charge in [-0.25, -0.2) is 0 Å². The zero-order valence-electron chi connectivity index (χ0n) is 16.5. The number of allylic oxidation sites excluding steroid dienone is 1. The summed E-state index contributed by atoms with van der Waals surface area (Å²) >= 11 is 0. The molecule has 1 aliphatic heterocycles. The minimum atomic E-state index is 0. The Kier molecular flexibility index (Phi) is 7.49. The molecule has 1 atom stereocenters. The molecule has 3 rings (SSSR count). The maximum absolute atomic E-state index is 12.3. The van der Waals surface area contributed by atoms with Crippen LogP contribution in [-0.4, -0.2) is 30.3 Å². The van der Waals surface area contributed by atoms with Gasteiger partial charge in [0.15, 0.2) is 0 Å². The van der Waals surface area contributed by atoms with Gasteiger partial charge in [-0.3, -0.25) is 4.79 Å². The summed E-state index contributed by atoms with van der Waals surface area (Å²) in [6.45, 7) is 5.94. The lowest BCUT2D eigenvalue weighted by molar-refractivity contribution is -0.118. The first-order valence-corrected chi connectivity index (χ1v) is 10.7. The van der Waals surface area contributed by atoms with Crippen molar-refractivity contribution < 1.29 is 6.22 Å². The zero-order valence-corrected chi connectivity index (χ0v) is 16.5. The van der Waals surface area contributed by atoms with E-state index < -0.39 is 0 Å². The molecule has 1 fully saturated rings. The van der Waals surface area contributed by atoms with Gasteiger partial charge in [0.05, 0.1) is 0 Å². The standard InChI is InChI=1S/C24H35NO.H2/c1-20-10-12-24(26)13-11-21(14-17-25-15-6-2-3-7-16-25)19-23-9-5-4-8-22(23)18-20;/h4-5,8-9,11,20H,2-3,6-7,10,12-19H2,1H3;1H. The molecule has 144 valence electrons. The molecular weight excluding hydrogens is 318 g/mol. The van der Waals surface area contributed by atoms with E-state index in [1.54, 1.807) is 0 Å². The van der Waals surface area contributed by atoms with Crippen LogP contribution in [0.1, 0.15) is 70.8 Å². The molecule has 0 bridgehead atoms. The average Bonchev–Trinajstić information content (AvgIpc) is 2.92. The van der Waals surface area contributed by atoms with Gasteiger partial charge in [0, 0.05) is 20.8 Å². The molecule has 1 aromatic rings. The fourth-order valence-corrected chi connectivity index (χ4v) is 4.34. The summed E-state index contributed by atoms with van der Waals surface area (Å²) in [7, 11) is 0. The van der Waals surface area contributed by atoms with Gasteiger partial charge in [-0.05, 0) is 68.7 Å². The van der Waals surface area contributed by atoms with Crippen LogP contribution in [0.4, 0.5) is 0 Å². The number of Topliss-reactive ketones (excluding diaryl/α,β-unsaturated/α-hetero) is 1. The smallest absolute Gasteiger partial charge is 0.136 e. The van der Waals surface area contributed by atoms with E-state index >= 15 is 0 Å². The number of nitrogens with zero attached hydrogens (tertiary/aromatic N) is 1. The second-order valence-electron chi connectivity index (χ2n) is 8.40. The first-order valence-electron chi connectivity index (χ1n) is 10.7. The summed E-state index contributed by atoms with van der Waals surface area (Å²) in [4.78, 5) is 14.9. The highest BCUT2D eigenvalue weighted by Crippen LogP contribution is 2.23. The third-order valence-corrected chi connectivity index (χ3v) is 6.09. The highest BCUT2D eigenvalue weighted by atomic mass is 16.1. The van der Waals surface area contributed by atoms with Crippen molar-refractivity contribution in [3.63, 3.8) is 0 Å². The molecule has 1 heterocycles. The SMILES string of the molecule is CC1CCC(=O)CC=C(CCN2CCCCCC2)Cc2ccccc2C1.[HH]. The van der Waals surface area contributed by atoms with Crippen LogP contribution in [0.3, 0.4) is 0 Å². The molecule has 1 unspecified atom stereocenters. The maximum Gasteiger partial charge on any atom is 0.136 e. The van der Waals surface area contributed by atoms with Gasteiger partial charge in [0.25, 0.3) is 0 Å². The highest BCUT2D eigenvalue weighted by molar-refractivity contribution is 5.79. The quantitative estimate of drug-likeness (QED) is 0.658. The molecule has 26 heavy (non-hydrogen) atoms. The van der Waals surface area contributed by atoms with Crippen LogP contribution >= 0.6 is 0 Å². The molecule has 0 saturated carbocycles. The molecule has 0 radical (unpaired) electrons. The number of ketones is 1. The Bertz CT molecular complexity index is 617. The summed E-state index contributed by atoms with van der Waals surface area (Å²) in [5.41, 5.74) is 4.41. The molecule has 1 aromatic carbocycles. The summed E-state index contributed by atoms with van der Waals surface area (Å²) < 4.78 is 0. The van der Waals surface area contributed by atoms with Crippen LogP contribution in [-0.2, 0) is 17.6 Å². The molecule has 1 saturated heterocycles. The monoisotopic (exact) mass is 355 g/mol. The van der Waals surface area contributed by atoms with E-state index in [0.29, 0.717) is 18.1 Å². The second kappa shape index (κ2) is 10.1. The number of likely N-dealkylation sites (tertiary alicyclic amines) is 1. The van der Waals surface area contributed by atoms with Gasteiger partial charge in [-0.2, -0.15) is 0 Å². The molecule has 0 amide bonds. The minimum Gasteiger partial charge on any atom is -0.303 e. The first-order chi connectivity index (χ1) is 12.7. The Morgan fingerprint density at radius 2 is 1.81 bits per heavy atom. The molecular formula is C24H37NO. The van der Waals surface area contributed by atoms with E-state index in [1.807, 2.05) is 0 Å². The lowest BCUT2D eigenvalue weighted by Crippen LogP contribution is -2.26. The van der Waals surface area contributed by atoms with Crippen molar-refractivity contribution in [3.05, 3.63) is 47.0 Å². The summed E-state index contributed by atoms with van der Waals surface area (Å²) in [6.07, 6.45) is 13.3. The van der Waals surface area contributed by atoms with Crippen molar-refractivity contribution in [2.75, 3.05) is 19.6 Å². The number of carbonyl (C=O) groups excluding carboxylic acids is 1. The summed E-state index contributed by atoms with van der Waals surface area (Å²) in [5, 5.41) is 0. The van der Waals surface area contributed by atoms with Crippen molar-refractivity contribution in [2.45, 2.75) is 71.1 Å². The predicted molar refractivity (Wildman–Crippen MR) is 112 cm³/mol. The van der Waals surface area contributed by atoms with Crippen molar-refractivity contribution in [3.8, 4) is 0 Å². The van der Waals surface area contributed by atoms with E-state index in [0.717, 1.165) is 38.6 Å². The van der Waals surface area contributed by atoms with Gasteiger partial charge >= 0.3 is 0 Å². The average molecular weight is 356 g/mol. The fourth-order valence-electron chi connectivity index (χ4n) is 4.34. The molecule has 2 heteroatoms. The molecule has 0 N–H and O–H groups in total. The van der Waals surface area contributed by atoms with E-state index in [2.05, 4.69) is 42.2 Å². The lowest BCUT2D eigenvalue weighted by Gasteiger charge is -2.21. The molecule has 0 spiro atoms. The Hall–Kier alpha value is -1.41. The van der Waals surface area contributed by atoms with E-state index in [1.165, 1.54) is 55.5 Å². The lowest BCUT2D eigenvalue weighted by atomic mass is 9.91. The molecule has 0 aromatic heterocycles. The van der Waals surface area contributed by atoms with Gasteiger partial charge in [0.2, 0.25) is 0 Å². The van der Waals surface area contributed by atoms with Gasteiger partial charge in [0.1, 0.15) is 5.78 Å². The van der Waals surface area contributed by atoms with Crippen molar-refractivity contribution >= 4 is 5.78 Å². The van der Waals surface area contributed by atoms with E-state index in [-0.39, 0.29) is 1.43 Å². The number of carbonyl (C=O) groups is 1. The predicted octanol–water partition coefficient (Wildman–Crippen LogP) is 5.60. The van der Waals surface area contributed by atoms with Crippen LogP contribution < -0.4 is 0 Å². The molecule has 2 aliphatic rings. The number of fused-ring (bicyclic) bond motifs is 1. The number of hydrogen-bond donors (Lipinski definition) is 0. The van der Waals surface area contributed by atoms with Crippen LogP contribution in [0.15, 0.2) is 35.9 Å². The molecule has 2 nitrogen and oxygen atoms in total. The third kappa shape index (κ3) is 6.09. The largest absolute Gasteiger partial charge is 0.303 e. The van der Waals surface area contributed by atoms with Crippen LogP contribution in [0.25, 0.3) is 0 Å². The third-order valence-electron chi connectivity index (χ3n) is 6.09. The van der Waals surface area contributed by atoms with Crippen molar-refractivity contribution in [1.82, 2.24) is 4.90 Å². The molecule has 1 aliphatic carbocycles. The Labute approximate surface area is 161 Å². The van der Waals surface area contributed by atoms with Crippen molar-refractivity contribution in [2.24, 2.45) is 5.92 Å². The topological polar surface area (TPSA) is 20.3 Å². The fraction of sp³-hybridized carbons (Fsp3) is 0.625. The normalized spacial score (nSPS) is 23.5. The van der Waals surface area contributed by atoms with Gasteiger partial charge < -0.3 is 4.90 Å². The van der Waals surface area contributed by atoms with Gasteiger partial charge in [-0.1, -0.05) is 55.7 Å². The first kappa shape index (κ1) is 19.4. The number of rotatable bonds is 3. The number of hydrogen-bond acceptors (Lipinski definition) is 2. The Balaban J connectivity index is 0.00000261. The summed E-state index contributed by atoms with van der Waals surface area (Å²) in [5.74, 6) is 0.994. The maximum atomic E-state index is 12.3. The van der Waals surface area contributed by atoms with Crippen molar-refractivity contribution in [1.29, 1.82) is 0 Å². The van der Waals surface area contributed by atoms with Crippen LogP contribution in [0.2, 0.25) is 0 Å². The van der Waals surface area contributed by atoms with E-state index in [9.17, 15) is 4.79 Å². The Morgan fingerprint density at radius 1 is 1.08 bits per heavy atom. The number of benzene rings is 1. The van der Waals surface area contributed by atoms with E-state index in [4.69, 9.17) is 0 Å². The van der Waals surface area contributed by atoms with Crippen LogP contribution in [0.5, 0.6) is 0 Å².